The van der Waals surface area contributed by atoms with Crippen molar-refractivity contribution in [3.8, 4) is 0 Å². The second-order valence-corrected chi connectivity index (χ2v) is 6.85. The van der Waals surface area contributed by atoms with E-state index >= 15 is 0 Å². The average Bonchev–Trinajstić information content (AvgIpc) is 2.98. The topological polar surface area (TPSA) is 38.1 Å². The normalized spacial score (nSPS) is 12.0. The largest absolute Gasteiger partial charge is 0.341 e. The van der Waals surface area contributed by atoms with E-state index in [2.05, 4.69) is 5.10 Å². The number of benzene rings is 2. The van der Waals surface area contributed by atoms with Gasteiger partial charge in [0, 0.05) is 44.7 Å². The van der Waals surface area contributed by atoms with E-state index in [-0.39, 0.29) is 24.1 Å². The Hall–Kier alpha value is -2.95. The molecule has 0 saturated carbocycles. The summed E-state index contributed by atoms with van der Waals surface area (Å²) in [4.78, 5) is 14.6. The molecule has 2 aromatic carbocycles. The van der Waals surface area contributed by atoms with Crippen LogP contribution in [0.4, 0.5) is 4.39 Å². The van der Waals surface area contributed by atoms with Crippen LogP contribution in [0, 0.1) is 12.7 Å². The number of carbonyl (C=O) groups excluding carboxylic acids is 1. The third-order valence-corrected chi connectivity index (χ3v) is 4.81. The Kier molecular flexibility index (Phi) is 5.69. The van der Waals surface area contributed by atoms with Crippen LogP contribution in [0.1, 0.15) is 34.7 Å². The lowest BCUT2D eigenvalue weighted by atomic mass is 9.87. The summed E-state index contributed by atoms with van der Waals surface area (Å²) in [6.07, 6.45) is 2.13. The number of hydrogen-bond donors (Lipinski definition) is 0. The average molecular weight is 365 g/mol. The van der Waals surface area contributed by atoms with Crippen molar-refractivity contribution in [1.82, 2.24) is 14.7 Å². The highest BCUT2D eigenvalue weighted by atomic mass is 19.1. The first kappa shape index (κ1) is 18.8. The molecule has 0 aliphatic carbocycles. The van der Waals surface area contributed by atoms with E-state index in [4.69, 9.17) is 0 Å². The molecule has 3 aromatic rings. The lowest BCUT2D eigenvalue weighted by Gasteiger charge is -2.23. The van der Waals surface area contributed by atoms with Gasteiger partial charge in [-0.1, -0.05) is 48.5 Å². The molecule has 0 unspecified atom stereocenters. The first-order valence-corrected chi connectivity index (χ1v) is 8.98. The number of nitrogens with zero attached hydrogens (tertiary/aromatic N) is 3. The van der Waals surface area contributed by atoms with Crippen LogP contribution in [0.3, 0.4) is 0 Å². The van der Waals surface area contributed by atoms with Gasteiger partial charge in [-0.15, -0.1) is 0 Å². The van der Waals surface area contributed by atoms with Gasteiger partial charge in [-0.3, -0.25) is 9.48 Å². The monoisotopic (exact) mass is 365 g/mol. The molecular formula is C22H24FN3O. The van der Waals surface area contributed by atoms with Crippen molar-refractivity contribution in [2.75, 3.05) is 7.05 Å². The van der Waals surface area contributed by atoms with Crippen LogP contribution < -0.4 is 0 Å². The molecule has 27 heavy (non-hydrogen) atoms. The number of aryl methyl sites for hydroxylation is 2. The predicted octanol–water partition coefficient (Wildman–Crippen LogP) is 4.05. The molecule has 3 rings (SSSR count). The standard InChI is InChI=1S/C22H24FN3O/c1-16-18(15-26(3)24-16)14-25(2)22(27)13-20(17-9-5-4-6-10-17)19-11-7-8-12-21(19)23/h4-12,15,20H,13-14H2,1-3H3/t20-/m0/s1. The summed E-state index contributed by atoms with van der Waals surface area (Å²) in [5.41, 5.74) is 3.39. The highest BCUT2D eigenvalue weighted by molar-refractivity contribution is 5.77. The van der Waals surface area contributed by atoms with Gasteiger partial charge in [-0.05, 0) is 24.1 Å². The van der Waals surface area contributed by atoms with Gasteiger partial charge < -0.3 is 4.90 Å². The van der Waals surface area contributed by atoms with Gasteiger partial charge in [0.05, 0.1) is 5.69 Å². The molecule has 0 aliphatic rings. The van der Waals surface area contributed by atoms with E-state index in [1.807, 2.05) is 56.6 Å². The van der Waals surface area contributed by atoms with E-state index in [0.717, 1.165) is 16.8 Å². The maximum atomic E-state index is 14.4. The van der Waals surface area contributed by atoms with Gasteiger partial charge in [0.2, 0.25) is 5.91 Å². The highest BCUT2D eigenvalue weighted by Crippen LogP contribution is 2.30. The van der Waals surface area contributed by atoms with Gasteiger partial charge >= 0.3 is 0 Å². The lowest BCUT2D eigenvalue weighted by molar-refractivity contribution is -0.130. The van der Waals surface area contributed by atoms with E-state index in [1.165, 1.54) is 6.07 Å². The van der Waals surface area contributed by atoms with Gasteiger partial charge in [0.15, 0.2) is 0 Å². The van der Waals surface area contributed by atoms with Gasteiger partial charge in [-0.25, -0.2) is 4.39 Å². The van der Waals surface area contributed by atoms with Crippen LogP contribution in [0.15, 0.2) is 60.8 Å². The first-order chi connectivity index (χ1) is 13.0. The molecule has 4 nitrogen and oxygen atoms in total. The third kappa shape index (κ3) is 4.42. The first-order valence-electron chi connectivity index (χ1n) is 8.98. The van der Waals surface area contributed by atoms with Crippen molar-refractivity contribution < 1.29 is 9.18 Å². The molecule has 1 amide bonds. The van der Waals surface area contributed by atoms with Crippen LogP contribution in [-0.2, 0) is 18.4 Å². The molecule has 140 valence electrons. The molecular weight excluding hydrogens is 341 g/mol. The van der Waals surface area contributed by atoms with Crippen molar-refractivity contribution in [1.29, 1.82) is 0 Å². The fourth-order valence-corrected chi connectivity index (χ4v) is 3.33. The van der Waals surface area contributed by atoms with Gasteiger partial charge in [-0.2, -0.15) is 5.10 Å². The zero-order valence-corrected chi connectivity index (χ0v) is 15.9. The fourth-order valence-electron chi connectivity index (χ4n) is 3.33. The second kappa shape index (κ2) is 8.16. The van der Waals surface area contributed by atoms with Crippen molar-refractivity contribution in [3.63, 3.8) is 0 Å². The Morgan fingerprint density at radius 1 is 1.15 bits per heavy atom. The molecule has 0 radical (unpaired) electrons. The molecule has 0 saturated heterocycles. The smallest absolute Gasteiger partial charge is 0.223 e. The lowest BCUT2D eigenvalue weighted by Crippen LogP contribution is -2.28. The van der Waals surface area contributed by atoms with Crippen LogP contribution in [0.5, 0.6) is 0 Å². The number of carbonyl (C=O) groups is 1. The second-order valence-electron chi connectivity index (χ2n) is 6.85. The molecule has 0 N–H and O–H groups in total. The van der Waals surface area contributed by atoms with Crippen molar-refractivity contribution >= 4 is 5.91 Å². The van der Waals surface area contributed by atoms with Crippen LogP contribution in [0.2, 0.25) is 0 Å². The number of amides is 1. The predicted molar refractivity (Wildman–Crippen MR) is 104 cm³/mol. The zero-order valence-electron chi connectivity index (χ0n) is 15.9. The Morgan fingerprint density at radius 3 is 2.44 bits per heavy atom. The van der Waals surface area contributed by atoms with Crippen LogP contribution in [0.25, 0.3) is 0 Å². The minimum atomic E-state index is -0.322. The van der Waals surface area contributed by atoms with Crippen LogP contribution in [-0.4, -0.2) is 27.6 Å². The van der Waals surface area contributed by atoms with Gasteiger partial charge in [0.1, 0.15) is 5.82 Å². The molecule has 1 aromatic heterocycles. The molecule has 0 spiro atoms. The van der Waals surface area contributed by atoms with Crippen molar-refractivity contribution in [2.45, 2.75) is 25.8 Å². The Balaban J connectivity index is 1.82. The quantitative estimate of drug-likeness (QED) is 0.661. The Morgan fingerprint density at radius 2 is 1.81 bits per heavy atom. The summed E-state index contributed by atoms with van der Waals surface area (Å²) >= 11 is 0. The minimum absolute atomic E-state index is 0.0321. The summed E-state index contributed by atoms with van der Waals surface area (Å²) < 4.78 is 16.2. The van der Waals surface area contributed by atoms with Gasteiger partial charge in [0.25, 0.3) is 0 Å². The molecule has 0 bridgehead atoms. The van der Waals surface area contributed by atoms with Crippen molar-refractivity contribution in [3.05, 3.63) is 89.0 Å². The van der Waals surface area contributed by atoms with Crippen molar-refractivity contribution in [2.24, 2.45) is 7.05 Å². The van der Waals surface area contributed by atoms with E-state index < -0.39 is 0 Å². The van der Waals surface area contributed by atoms with E-state index in [9.17, 15) is 9.18 Å². The molecule has 1 heterocycles. The summed E-state index contributed by atoms with van der Waals surface area (Å²) in [5.74, 6) is -0.641. The fraction of sp³-hybridized carbons (Fsp3) is 0.273. The zero-order chi connectivity index (χ0) is 19.4. The number of hydrogen-bond acceptors (Lipinski definition) is 2. The summed E-state index contributed by atoms with van der Waals surface area (Å²) in [6.45, 7) is 2.41. The maximum absolute atomic E-state index is 14.4. The summed E-state index contributed by atoms with van der Waals surface area (Å²) in [5, 5.41) is 4.32. The third-order valence-electron chi connectivity index (χ3n) is 4.81. The number of aromatic nitrogens is 2. The van der Waals surface area contributed by atoms with E-state index in [0.29, 0.717) is 12.1 Å². The summed E-state index contributed by atoms with van der Waals surface area (Å²) in [6, 6.07) is 16.3. The number of halogens is 1. The maximum Gasteiger partial charge on any atom is 0.223 e. The number of rotatable bonds is 6. The molecule has 1 atom stereocenters. The summed E-state index contributed by atoms with van der Waals surface area (Å²) in [7, 11) is 3.64. The minimum Gasteiger partial charge on any atom is -0.341 e. The SMILES string of the molecule is Cc1nn(C)cc1CN(C)C(=O)C[C@@H](c1ccccc1)c1ccccc1F. The van der Waals surface area contributed by atoms with Crippen LogP contribution >= 0.6 is 0 Å². The highest BCUT2D eigenvalue weighted by Gasteiger charge is 2.23. The van der Waals surface area contributed by atoms with E-state index in [1.54, 1.807) is 28.8 Å². The molecule has 5 heteroatoms. The molecule has 0 aliphatic heterocycles. The Labute approximate surface area is 159 Å². The molecule has 0 fully saturated rings. The Bertz CT molecular complexity index is 920.